The molecule has 0 aliphatic carbocycles. The molecule has 0 radical (unpaired) electrons. The number of hydrogen-bond acceptors (Lipinski definition) is 6. The van der Waals surface area contributed by atoms with Crippen LogP contribution in [0.5, 0.6) is 0 Å². The van der Waals surface area contributed by atoms with Gasteiger partial charge in [0.2, 0.25) is 11.8 Å². The van der Waals surface area contributed by atoms with E-state index in [2.05, 4.69) is 55.7 Å². The summed E-state index contributed by atoms with van der Waals surface area (Å²) in [5, 5.41) is 29.5. The molecule has 8 heteroatoms. The highest BCUT2D eigenvalue weighted by atomic mass is 32.2. The number of hydrogen-bond donors (Lipinski definition) is 4. The molecule has 1 aliphatic rings. The molecular formula is C36H49N3O4S. The molecule has 1 saturated heterocycles. The Labute approximate surface area is 266 Å². The molecule has 1 aliphatic heterocycles. The van der Waals surface area contributed by atoms with Gasteiger partial charge in [-0.2, -0.15) is 11.8 Å². The summed E-state index contributed by atoms with van der Waals surface area (Å²) < 4.78 is 0.00436. The van der Waals surface area contributed by atoms with Gasteiger partial charge in [-0.1, -0.05) is 93.6 Å². The van der Waals surface area contributed by atoms with Crippen molar-refractivity contribution in [2.24, 2.45) is 5.92 Å². The van der Waals surface area contributed by atoms with E-state index in [0.29, 0.717) is 38.0 Å². The van der Waals surface area contributed by atoms with Crippen molar-refractivity contribution >= 4 is 34.3 Å². The van der Waals surface area contributed by atoms with Crippen LogP contribution in [0.1, 0.15) is 57.6 Å². The third-order valence-electron chi connectivity index (χ3n) is 8.13. The third-order valence-corrected chi connectivity index (χ3v) is 9.56. The van der Waals surface area contributed by atoms with E-state index in [1.54, 1.807) is 11.8 Å². The Morgan fingerprint density at radius 3 is 2.45 bits per heavy atom. The molecular weight excluding hydrogens is 570 g/mol. The van der Waals surface area contributed by atoms with Gasteiger partial charge in [-0.15, -0.1) is 0 Å². The van der Waals surface area contributed by atoms with Crippen molar-refractivity contribution in [3.05, 3.63) is 83.9 Å². The second kappa shape index (κ2) is 16.4. The number of aliphatic hydroxyl groups is 2. The average Bonchev–Trinajstić information content (AvgIpc) is 2.99. The summed E-state index contributed by atoms with van der Waals surface area (Å²) in [6.07, 6.45) is 2.97. The number of thioether (sulfide) groups is 1. The fraction of sp³-hybridized carbons (Fsp3) is 0.500. The maximum absolute atomic E-state index is 13.5. The van der Waals surface area contributed by atoms with Crippen LogP contribution < -0.4 is 10.6 Å². The first-order chi connectivity index (χ1) is 21.1. The van der Waals surface area contributed by atoms with Gasteiger partial charge in [-0.25, -0.2) is 0 Å². The van der Waals surface area contributed by atoms with Crippen molar-refractivity contribution < 1.29 is 19.8 Å². The average molecular weight is 620 g/mol. The zero-order valence-electron chi connectivity index (χ0n) is 26.4. The van der Waals surface area contributed by atoms with Gasteiger partial charge in [-0.05, 0) is 60.4 Å². The summed E-state index contributed by atoms with van der Waals surface area (Å²) in [5.41, 5.74) is 2.18. The van der Waals surface area contributed by atoms with E-state index in [1.807, 2.05) is 53.4 Å². The minimum atomic E-state index is -0.703. The second-order valence-corrected chi connectivity index (χ2v) is 14.8. The number of carbonyl (C=O) groups is 2. The molecule has 0 spiro atoms. The molecule has 3 aromatic rings. The molecule has 0 saturated carbocycles. The minimum Gasteiger partial charge on any atom is -0.392 e. The number of piperidine rings is 1. The summed E-state index contributed by atoms with van der Waals surface area (Å²) in [4.78, 5) is 28.6. The Kier molecular flexibility index (Phi) is 12.7. The molecule has 238 valence electrons. The summed E-state index contributed by atoms with van der Waals surface area (Å²) in [5.74, 6) is -0.0677. The molecule has 1 fully saturated rings. The van der Waals surface area contributed by atoms with E-state index in [1.165, 1.54) is 0 Å². The van der Waals surface area contributed by atoms with E-state index in [4.69, 9.17) is 0 Å². The van der Waals surface area contributed by atoms with Crippen LogP contribution in [0.15, 0.2) is 72.8 Å². The van der Waals surface area contributed by atoms with Crippen molar-refractivity contribution in [2.75, 3.05) is 25.4 Å². The summed E-state index contributed by atoms with van der Waals surface area (Å²) >= 11 is 1.75. The number of amides is 2. The van der Waals surface area contributed by atoms with E-state index in [-0.39, 0.29) is 35.1 Å². The molecule has 4 rings (SSSR count). The highest BCUT2D eigenvalue weighted by molar-refractivity contribution is 8.00. The number of benzene rings is 3. The van der Waals surface area contributed by atoms with Crippen LogP contribution in [0.4, 0.5) is 0 Å². The number of nitrogens with zero attached hydrogens (tertiary/aromatic N) is 1. The van der Waals surface area contributed by atoms with Crippen molar-refractivity contribution in [1.29, 1.82) is 0 Å². The Morgan fingerprint density at radius 1 is 0.977 bits per heavy atom. The Hall–Kier alpha value is -2.91. The molecule has 0 aromatic heterocycles. The lowest BCUT2D eigenvalue weighted by atomic mass is 9.95. The lowest BCUT2D eigenvalue weighted by Gasteiger charge is -2.34. The second-order valence-electron chi connectivity index (χ2n) is 13.0. The van der Waals surface area contributed by atoms with E-state index < -0.39 is 12.3 Å². The van der Waals surface area contributed by atoms with Gasteiger partial charge in [0.15, 0.2) is 0 Å². The Morgan fingerprint density at radius 2 is 1.70 bits per heavy atom. The standard InChI is InChI=1S/C36H49N3O4S/c1-36(2,3)44-25-29(21-28-16-11-15-27-14-7-8-17-32(27)28)35(43)37-23-33(41)38-30(20-26-12-5-4-6-13-26)22-31(40)24-39-19-10-9-18-34(39)42/h4-8,11-17,29-31,34,40,42H,9-10,18-25H2,1-3H3,(H,37,43)(H,38,41)/t29-,30+,31?,34-/m1/s1. The monoisotopic (exact) mass is 619 g/mol. The maximum atomic E-state index is 13.5. The highest BCUT2D eigenvalue weighted by Gasteiger charge is 2.26. The fourth-order valence-electron chi connectivity index (χ4n) is 5.86. The lowest BCUT2D eigenvalue weighted by molar-refractivity contribution is -0.128. The predicted octanol–water partition coefficient (Wildman–Crippen LogP) is 4.93. The number of carbonyl (C=O) groups excluding carboxylic acids is 2. The maximum Gasteiger partial charge on any atom is 0.239 e. The van der Waals surface area contributed by atoms with Gasteiger partial charge in [0, 0.05) is 29.6 Å². The molecule has 3 aromatic carbocycles. The van der Waals surface area contributed by atoms with Crippen molar-refractivity contribution in [2.45, 2.75) is 82.4 Å². The van der Waals surface area contributed by atoms with Crippen LogP contribution in [0.3, 0.4) is 0 Å². The van der Waals surface area contributed by atoms with Crippen LogP contribution in [0, 0.1) is 5.92 Å². The minimum absolute atomic E-state index is 0.00436. The van der Waals surface area contributed by atoms with E-state index >= 15 is 0 Å². The normalized spacial score (nSPS) is 18.0. The molecule has 7 nitrogen and oxygen atoms in total. The molecule has 4 atom stereocenters. The number of fused-ring (bicyclic) bond motifs is 1. The molecule has 44 heavy (non-hydrogen) atoms. The molecule has 1 heterocycles. The van der Waals surface area contributed by atoms with Crippen molar-refractivity contribution in [1.82, 2.24) is 15.5 Å². The highest BCUT2D eigenvalue weighted by Crippen LogP contribution is 2.29. The topological polar surface area (TPSA) is 102 Å². The number of rotatable bonds is 14. The van der Waals surface area contributed by atoms with Gasteiger partial charge in [-0.3, -0.25) is 14.5 Å². The molecule has 0 bridgehead atoms. The lowest BCUT2D eigenvalue weighted by Crippen LogP contribution is -2.48. The van der Waals surface area contributed by atoms with Crippen LogP contribution >= 0.6 is 11.8 Å². The quantitative estimate of drug-likeness (QED) is 0.204. The van der Waals surface area contributed by atoms with Crippen LogP contribution in [-0.2, 0) is 22.4 Å². The first-order valence-corrected chi connectivity index (χ1v) is 16.9. The zero-order valence-corrected chi connectivity index (χ0v) is 27.2. The fourth-order valence-corrected chi connectivity index (χ4v) is 6.83. The van der Waals surface area contributed by atoms with Crippen LogP contribution in [0.2, 0.25) is 0 Å². The van der Waals surface area contributed by atoms with Crippen molar-refractivity contribution in [3.63, 3.8) is 0 Å². The first kappa shape index (κ1) is 34.0. The van der Waals surface area contributed by atoms with Gasteiger partial charge in [0.25, 0.3) is 0 Å². The number of likely N-dealkylation sites (tertiary alicyclic amines) is 1. The van der Waals surface area contributed by atoms with Crippen LogP contribution in [-0.4, -0.2) is 75.4 Å². The molecule has 2 amide bonds. The van der Waals surface area contributed by atoms with E-state index in [0.717, 1.165) is 41.3 Å². The summed E-state index contributed by atoms with van der Waals surface area (Å²) in [7, 11) is 0. The van der Waals surface area contributed by atoms with E-state index in [9.17, 15) is 19.8 Å². The SMILES string of the molecule is CC(C)(C)SC[C@@H](Cc1cccc2ccccc12)C(=O)NCC(=O)N[C@@H](Cc1ccccc1)CC(O)CN1CCCC[C@H]1O. The Bertz CT molecular complexity index is 1340. The van der Waals surface area contributed by atoms with Gasteiger partial charge < -0.3 is 20.8 Å². The summed E-state index contributed by atoms with van der Waals surface area (Å²) in [6, 6.07) is 24.0. The number of nitrogens with one attached hydrogen (secondary N) is 2. The van der Waals surface area contributed by atoms with Crippen LogP contribution in [0.25, 0.3) is 10.8 Å². The van der Waals surface area contributed by atoms with Gasteiger partial charge >= 0.3 is 0 Å². The van der Waals surface area contributed by atoms with Gasteiger partial charge in [0.1, 0.15) is 6.23 Å². The number of β-amino-alcohol motifs (C(OH)–C–C–N with tert-alkyl or cyclic N) is 1. The zero-order chi connectivity index (χ0) is 31.5. The predicted molar refractivity (Wildman–Crippen MR) is 180 cm³/mol. The Balaban J connectivity index is 1.39. The summed E-state index contributed by atoms with van der Waals surface area (Å²) in [6.45, 7) is 7.42. The molecule has 4 N–H and O–H groups in total. The van der Waals surface area contributed by atoms with Gasteiger partial charge in [0.05, 0.1) is 18.6 Å². The van der Waals surface area contributed by atoms with Crippen molar-refractivity contribution in [3.8, 4) is 0 Å². The largest absolute Gasteiger partial charge is 0.392 e. The number of aliphatic hydroxyl groups excluding tert-OH is 2. The molecule has 1 unspecified atom stereocenters. The first-order valence-electron chi connectivity index (χ1n) is 15.9. The smallest absolute Gasteiger partial charge is 0.239 e. The third kappa shape index (κ3) is 10.9.